The van der Waals surface area contributed by atoms with Gasteiger partial charge in [0, 0.05) is 37.2 Å². The number of carboxylic acid groups (broad SMARTS) is 1. The Labute approximate surface area is 341 Å². The third-order valence-corrected chi connectivity index (χ3v) is 10.4. The molecule has 0 spiro atoms. The van der Waals surface area contributed by atoms with E-state index in [1.165, 1.54) is 16.8 Å². The molecule has 0 radical (unpaired) electrons. The molecule has 1 saturated carbocycles. The smallest absolute Gasteiger partial charge is 0.407 e. The van der Waals surface area contributed by atoms with Crippen LogP contribution in [0.25, 0.3) is 0 Å². The molecule has 19 heteroatoms. The first-order valence-electron chi connectivity index (χ1n) is 19.7. The van der Waals surface area contributed by atoms with Crippen LogP contribution in [0.1, 0.15) is 77.2 Å². The van der Waals surface area contributed by atoms with Crippen molar-refractivity contribution in [2.75, 3.05) is 32.9 Å². The van der Waals surface area contributed by atoms with E-state index in [9.17, 15) is 44.7 Å². The first kappa shape index (κ1) is 44.9. The van der Waals surface area contributed by atoms with Gasteiger partial charge in [0.2, 0.25) is 5.91 Å². The normalized spacial score (nSPS) is 21.9. The molecular weight excluding hydrogens is 772 g/mol. The highest BCUT2D eigenvalue weighted by Gasteiger charge is 2.56. The van der Waals surface area contributed by atoms with Crippen LogP contribution < -0.4 is 16.0 Å². The van der Waals surface area contributed by atoms with Gasteiger partial charge < -0.3 is 60.4 Å². The zero-order valence-corrected chi connectivity index (χ0v) is 33.1. The number of benzene rings is 2. The Balaban J connectivity index is 1.21. The Morgan fingerprint density at radius 1 is 1.00 bits per heavy atom. The summed E-state index contributed by atoms with van der Waals surface area (Å²) in [7, 11) is 0. The van der Waals surface area contributed by atoms with Gasteiger partial charge in [-0.2, -0.15) is 0 Å². The van der Waals surface area contributed by atoms with Crippen LogP contribution >= 0.6 is 0 Å². The molecule has 0 unspecified atom stereocenters. The minimum absolute atomic E-state index is 0.0118. The van der Waals surface area contributed by atoms with Gasteiger partial charge in [-0.1, -0.05) is 54.8 Å². The van der Waals surface area contributed by atoms with Crippen molar-refractivity contribution in [2.45, 2.75) is 108 Å². The topological polar surface area (TPSA) is 273 Å². The van der Waals surface area contributed by atoms with Crippen molar-refractivity contribution in [1.82, 2.24) is 30.9 Å². The van der Waals surface area contributed by atoms with E-state index in [1.807, 2.05) is 30.3 Å². The molecule has 322 valence electrons. The van der Waals surface area contributed by atoms with Gasteiger partial charge in [0.1, 0.15) is 31.1 Å². The summed E-state index contributed by atoms with van der Waals surface area (Å²) >= 11 is 0. The predicted molar refractivity (Wildman–Crippen MR) is 207 cm³/mol. The van der Waals surface area contributed by atoms with Crippen molar-refractivity contribution in [1.29, 1.82) is 0 Å². The lowest BCUT2D eigenvalue weighted by molar-refractivity contribution is -0.312. The Morgan fingerprint density at radius 2 is 1.71 bits per heavy atom. The molecule has 2 heterocycles. The highest BCUT2D eigenvalue weighted by atomic mass is 16.7. The molecule has 1 saturated heterocycles. The number of alkyl carbamates (subject to hydrolysis) is 1. The second-order valence-electron chi connectivity index (χ2n) is 14.9. The minimum Gasteiger partial charge on any atom is -0.507 e. The molecule has 1 aromatic heterocycles. The van der Waals surface area contributed by atoms with E-state index in [-0.39, 0.29) is 56.7 Å². The first-order chi connectivity index (χ1) is 28.3. The van der Waals surface area contributed by atoms with Crippen LogP contribution in [0.4, 0.5) is 4.79 Å². The number of ether oxygens (including phenoxy) is 4. The van der Waals surface area contributed by atoms with E-state index >= 15 is 0 Å². The first-order valence-corrected chi connectivity index (χ1v) is 19.7. The van der Waals surface area contributed by atoms with E-state index in [0.717, 1.165) is 43.4 Å². The molecule has 2 aromatic carbocycles. The highest BCUT2D eigenvalue weighted by Crippen LogP contribution is 2.34. The SMILES string of the molecule is Cc1cc(C(=O)NC[C@@H](O)[C@@H](O)[C@@H]2O[C@@](OCCOCCNC(=O)OCc3ccccc3)(C(=O)O)C[C@H](O)[C@H]2NC(=O)Cn2cc(C3CCCCC3)nn2)cc(C)c1O. The monoisotopic (exact) mass is 826 g/mol. The van der Waals surface area contributed by atoms with E-state index < -0.39 is 73.1 Å². The van der Waals surface area contributed by atoms with E-state index in [4.69, 9.17) is 18.9 Å². The largest absolute Gasteiger partial charge is 0.507 e. The average molecular weight is 827 g/mol. The third-order valence-electron chi connectivity index (χ3n) is 10.4. The van der Waals surface area contributed by atoms with Crippen molar-refractivity contribution < 1.29 is 63.7 Å². The fourth-order valence-electron chi connectivity index (χ4n) is 7.16. The summed E-state index contributed by atoms with van der Waals surface area (Å²) in [5.41, 5.74) is 2.64. The number of phenolic OH excluding ortho intramolecular Hbond substituents is 1. The molecule has 1 aliphatic heterocycles. The van der Waals surface area contributed by atoms with E-state index in [0.29, 0.717) is 11.1 Å². The van der Waals surface area contributed by atoms with Crippen LogP contribution in [-0.2, 0) is 41.7 Å². The number of carboxylic acids is 1. The number of nitrogens with one attached hydrogen (secondary N) is 3. The Kier molecular flexibility index (Phi) is 16.1. The number of nitrogens with zero attached hydrogens (tertiary/aromatic N) is 3. The molecule has 0 bridgehead atoms. The summed E-state index contributed by atoms with van der Waals surface area (Å²) in [5, 5.41) is 70.3. The van der Waals surface area contributed by atoms with Gasteiger partial charge in [-0.05, 0) is 55.5 Å². The zero-order valence-electron chi connectivity index (χ0n) is 33.1. The number of carbonyl (C=O) groups excluding carboxylic acids is 3. The van der Waals surface area contributed by atoms with Crippen molar-refractivity contribution in [3.05, 3.63) is 76.6 Å². The fourth-order valence-corrected chi connectivity index (χ4v) is 7.16. The number of aryl methyl sites for hydroxylation is 2. The van der Waals surface area contributed by atoms with E-state index in [2.05, 4.69) is 26.3 Å². The maximum atomic E-state index is 13.4. The highest BCUT2D eigenvalue weighted by molar-refractivity contribution is 5.95. The number of hydrogen-bond donors (Lipinski definition) is 8. The van der Waals surface area contributed by atoms with Crippen molar-refractivity contribution in [2.24, 2.45) is 0 Å². The number of rotatable bonds is 19. The summed E-state index contributed by atoms with van der Waals surface area (Å²) in [6.45, 7) is 1.96. The van der Waals surface area contributed by atoms with Crippen LogP contribution in [0, 0.1) is 13.8 Å². The van der Waals surface area contributed by atoms with Crippen molar-refractivity contribution >= 4 is 23.9 Å². The average Bonchev–Trinajstić information content (AvgIpc) is 3.69. The summed E-state index contributed by atoms with van der Waals surface area (Å²) in [6.07, 6.45) is -1.71. The zero-order chi connectivity index (χ0) is 42.5. The van der Waals surface area contributed by atoms with Gasteiger partial charge in [0.05, 0.1) is 43.8 Å². The lowest BCUT2D eigenvalue weighted by atomic mass is 9.87. The van der Waals surface area contributed by atoms with Gasteiger partial charge in [0.25, 0.3) is 11.7 Å². The predicted octanol–water partition coefficient (Wildman–Crippen LogP) is 1.18. The summed E-state index contributed by atoms with van der Waals surface area (Å²) in [5.74, 6) is -5.29. The number of aliphatic carboxylic acids is 1. The molecule has 2 aliphatic rings. The maximum Gasteiger partial charge on any atom is 0.407 e. The second-order valence-corrected chi connectivity index (χ2v) is 14.9. The van der Waals surface area contributed by atoms with E-state index in [1.54, 1.807) is 20.0 Å². The number of carbonyl (C=O) groups is 4. The molecule has 3 amide bonds. The molecule has 19 nitrogen and oxygen atoms in total. The van der Waals surface area contributed by atoms with Crippen LogP contribution in [-0.4, -0.2) is 134 Å². The van der Waals surface area contributed by atoms with Gasteiger partial charge in [0.15, 0.2) is 0 Å². The molecular formula is C40H54N6O13. The number of aliphatic hydroxyl groups is 3. The molecule has 5 rings (SSSR count). The van der Waals surface area contributed by atoms with Gasteiger partial charge in [-0.3, -0.25) is 9.59 Å². The number of aromatic nitrogens is 3. The summed E-state index contributed by atoms with van der Waals surface area (Å²) < 4.78 is 23.5. The van der Waals surface area contributed by atoms with Gasteiger partial charge in [-0.15, -0.1) is 5.10 Å². The van der Waals surface area contributed by atoms with Crippen molar-refractivity contribution in [3.63, 3.8) is 0 Å². The van der Waals surface area contributed by atoms with Crippen LogP contribution in [0.3, 0.4) is 0 Å². The third kappa shape index (κ3) is 12.4. The number of hydrogen-bond acceptors (Lipinski definition) is 14. The number of phenols is 1. The Hall–Kier alpha value is -5.18. The molecule has 1 aliphatic carbocycles. The molecule has 6 atom stereocenters. The lowest BCUT2D eigenvalue weighted by Gasteiger charge is -2.46. The van der Waals surface area contributed by atoms with Crippen molar-refractivity contribution in [3.8, 4) is 5.75 Å². The number of amides is 3. The van der Waals surface area contributed by atoms with Crippen LogP contribution in [0.15, 0.2) is 48.7 Å². The Bertz CT molecular complexity index is 1850. The van der Waals surface area contributed by atoms with Crippen LogP contribution in [0.5, 0.6) is 5.75 Å². The molecule has 2 fully saturated rings. The number of aliphatic hydroxyl groups excluding tert-OH is 3. The molecule has 59 heavy (non-hydrogen) atoms. The lowest BCUT2D eigenvalue weighted by Crippen LogP contribution is -2.68. The quantitative estimate of drug-likeness (QED) is 0.0789. The summed E-state index contributed by atoms with van der Waals surface area (Å²) in [4.78, 5) is 51.0. The number of aromatic hydroxyl groups is 1. The minimum atomic E-state index is -2.57. The molecule has 3 aromatic rings. The standard InChI is InChI=1S/C40H54N6O13/c1-24-17-28(18-25(2)34(24)50)37(52)42-20-31(48)35(51)36-33(43-32(49)22-46-21-29(44-45-46)27-11-7-4-8-12-27)30(47)19-40(59-36,38(53)54)58-16-15-56-14-13-41-39(55)57-23-26-9-5-3-6-10-26/h3,5-6,9-10,17-18,21,27,30-31,33,35-36,47-48,50-51H,4,7-8,11-16,19-20,22-23H2,1-2H3,(H,41,55)(H,42,52)(H,43,49)(H,53,54)/t30-,31+,33+,35+,36+,40+/m0/s1. The van der Waals surface area contributed by atoms with Gasteiger partial charge >= 0.3 is 12.1 Å². The Morgan fingerprint density at radius 3 is 2.41 bits per heavy atom. The maximum absolute atomic E-state index is 13.4. The van der Waals surface area contributed by atoms with Crippen LogP contribution in [0.2, 0.25) is 0 Å². The second kappa shape index (κ2) is 21.2. The fraction of sp³-hybridized carbons (Fsp3) is 0.550. The summed E-state index contributed by atoms with van der Waals surface area (Å²) in [6, 6.07) is 10.5. The molecule has 8 N–H and O–H groups in total. The van der Waals surface area contributed by atoms with Gasteiger partial charge in [-0.25, -0.2) is 14.3 Å².